The van der Waals surface area contributed by atoms with Gasteiger partial charge in [-0.2, -0.15) is 0 Å². The first-order valence-electron chi connectivity index (χ1n) is 42.1. The van der Waals surface area contributed by atoms with Gasteiger partial charge in [0.2, 0.25) is 0 Å². The molecule has 0 aliphatic carbocycles. The molecule has 0 heterocycles. The number of carbonyl (C=O) groups excluding carboxylic acids is 3. The molecule has 16 nitrogen and oxygen atoms in total. The molecule has 0 radical (unpaired) electrons. The van der Waals surface area contributed by atoms with Crippen molar-refractivity contribution in [3.63, 3.8) is 0 Å². The van der Waals surface area contributed by atoms with Gasteiger partial charge in [-0.15, -0.1) is 0 Å². The zero-order valence-electron chi connectivity index (χ0n) is 67.3. The van der Waals surface area contributed by atoms with Crippen LogP contribution in [0.1, 0.15) is 342 Å². The molecule has 4 N–H and O–H groups in total. The molecular weight excluding hydrogens is 1390 g/mol. The lowest BCUT2D eigenvalue weighted by molar-refractivity contribution is -0.161. The summed E-state index contributed by atoms with van der Waals surface area (Å²) in [7, 11) is -9.80. The first-order chi connectivity index (χ1) is 52.2. The van der Waals surface area contributed by atoms with Gasteiger partial charge in [0.15, 0.2) is 6.10 Å². The van der Waals surface area contributed by atoms with Crippen molar-refractivity contribution >= 4 is 33.6 Å². The van der Waals surface area contributed by atoms with Gasteiger partial charge in [0, 0.05) is 19.3 Å². The number of hydrogen-bond acceptors (Lipinski definition) is 14. The summed E-state index contributed by atoms with van der Waals surface area (Å²) in [6.07, 6.45) is 101. The average Bonchev–Trinajstić information content (AvgIpc) is 0.909. The van der Waals surface area contributed by atoms with Crippen molar-refractivity contribution in [2.45, 2.75) is 360 Å². The third-order valence-corrected chi connectivity index (χ3v) is 19.4. The van der Waals surface area contributed by atoms with Gasteiger partial charge in [-0.1, -0.05) is 334 Å². The number of aliphatic hydroxyl groups is 2. The maximum absolute atomic E-state index is 12.9. The highest BCUT2D eigenvalue weighted by Gasteiger charge is 2.29. The molecule has 0 bridgehead atoms. The maximum atomic E-state index is 12.9. The summed E-state index contributed by atoms with van der Waals surface area (Å²) in [5.74, 6) is -1.60. The SMILES string of the molecule is CC/C=C\C/C=C\C/C=C\C/C=C\C/C=C\CCCCCCCCCCCCCCCCCCCCCC(=O)OCC(O)COP(=O)(O)OCC(O)COP(=O)(O)OCC(COC(=O)CCCCCCCCC/C=C\C/C=C\C/C=C\C/C=C\C/C=C\CC)OC(=O)CCCCCCC/C=C\C/C=C\CCC. The van der Waals surface area contributed by atoms with Crippen LogP contribution in [0.25, 0.3) is 0 Å². The van der Waals surface area contributed by atoms with Gasteiger partial charge in [-0.05, 0) is 135 Å². The smallest absolute Gasteiger partial charge is 0.463 e. The first kappa shape index (κ1) is 102. The number of allylic oxidation sites excluding steroid dienone is 24. The van der Waals surface area contributed by atoms with Crippen LogP contribution >= 0.6 is 15.6 Å². The van der Waals surface area contributed by atoms with Crippen LogP contribution in [0.5, 0.6) is 0 Å². The molecule has 107 heavy (non-hydrogen) atoms. The van der Waals surface area contributed by atoms with E-state index in [0.717, 1.165) is 180 Å². The van der Waals surface area contributed by atoms with Crippen LogP contribution in [0.2, 0.25) is 0 Å². The van der Waals surface area contributed by atoms with Crippen molar-refractivity contribution in [2.24, 2.45) is 0 Å². The fraction of sp³-hybridized carbons (Fsp3) is 0.697. The molecule has 0 aromatic carbocycles. The molecule has 18 heteroatoms. The predicted molar refractivity (Wildman–Crippen MR) is 445 cm³/mol. The van der Waals surface area contributed by atoms with Crippen molar-refractivity contribution in [2.75, 3.05) is 39.6 Å². The van der Waals surface area contributed by atoms with Gasteiger partial charge in [0.1, 0.15) is 25.4 Å². The molecular formula is C89H152O16P2. The summed E-state index contributed by atoms with van der Waals surface area (Å²) in [6.45, 7) is 2.38. The molecule has 0 saturated carbocycles. The first-order valence-corrected chi connectivity index (χ1v) is 45.1. The second-order valence-corrected chi connectivity index (χ2v) is 30.8. The summed E-state index contributed by atoms with van der Waals surface area (Å²) >= 11 is 0. The minimum absolute atomic E-state index is 0.0830. The standard InChI is InChI=1S/C89H152O16P2/c1-4-7-10-13-16-19-22-25-27-29-31-33-35-36-37-38-39-40-41-42-43-44-45-46-48-50-51-53-55-58-60-63-66-69-72-75-87(92)99-78-84(90)79-101-106(95,96)102-80-85(91)81-103-107(97,98)104-83-86(105-89(94)77-74-71-68-65-62-57-24-21-18-15-12-9-6-3)82-100-88(93)76-73-70-67-64-61-59-56-54-52-49-47-34-32-30-28-26-23-20-17-14-11-8-5-2/h7-8,10-12,15-17,19-21,24-28,31-34,36-37,49,52,84-86,90-91H,4-6,9,13-14,18,22-23,29-30,35,38-48,50-51,53-83H2,1-3H3,(H,95,96)(H,97,98)/b10-7-,11-8-,15-12-,19-16-,20-17-,24-21-,27-25-,28-26-,33-31-,34-32-,37-36-,52-49-. The number of rotatable bonds is 79. The lowest BCUT2D eigenvalue weighted by Gasteiger charge is -2.21. The van der Waals surface area contributed by atoms with Crippen LogP contribution in [0, 0.1) is 0 Å². The fourth-order valence-electron chi connectivity index (χ4n) is 11.2. The quantitative estimate of drug-likeness (QED) is 0.0146. The average molecular weight is 1540 g/mol. The number of unbranched alkanes of at least 4 members (excludes halogenated alkanes) is 32. The van der Waals surface area contributed by atoms with E-state index in [1.807, 2.05) is 0 Å². The van der Waals surface area contributed by atoms with Crippen LogP contribution in [-0.2, 0) is 55.8 Å². The maximum Gasteiger partial charge on any atom is 0.472 e. The molecule has 614 valence electrons. The minimum Gasteiger partial charge on any atom is -0.463 e. The highest BCUT2D eigenvalue weighted by Crippen LogP contribution is 2.45. The van der Waals surface area contributed by atoms with E-state index < -0.39 is 91.5 Å². The molecule has 0 aliphatic rings. The Hall–Kier alpha value is -4.57. The van der Waals surface area contributed by atoms with E-state index in [-0.39, 0.29) is 19.3 Å². The molecule has 0 aromatic rings. The second-order valence-electron chi connectivity index (χ2n) is 27.9. The Kier molecular flexibility index (Phi) is 77.5. The summed E-state index contributed by atoms with van der Waals surface area (Å²) in [5, 5.41) is 20.7. The van der Waals surface area contributed by atoms with E-state index in [2.05, 4.69) is 167 Å². The number of phosphoric acid groups is 2. The highest BCUT2D eigenvalue weighted by atomic mass is 31.2. The number of phosphoric ester groups is 2. The van der Waals surface area contributed by atoms with Crippen LogP contribution in [0.4, 0.5) is 0 Å². The van der Waals surface area contributed by atoms with E-state index in [4.69, 9.17) is 32.3 Å². The van der Waals surface area contributed by atoms with Crippen LogP contribution in [0.15, 0.2) is 146 Å². The number of ether oxygens (including phenoxy) is 3. The minimum atomic E-state index is -4.94. The third kappa shape index (κ3) is 82.2. The Morgan fingerprint density at radius 3 is 0.785 bits per heavy atom. The summed E-state index contributed by atoms with van der Waals surface area (Å²) < 4.78 is 61.2. The van der Waals surface area contributed by atoms with E-state index in [1.54, 1.807) is 0 Å². The molecule has 5 atom stereocenters. The van der Waals surface area contributed by atoms with Gasteiger partial charge >= 0.3 is 33.6 Å². The molecule has 0 amide bonds. The van der Waals surface area contributed by atoms with Crippen molar-refractivity contribution in [1.29, 1.82) is 0 Å². The van der Waals surface area contributed by atoms with Crippen molar-refractivity contribution < 1.29 is 75.8 Å². The van der Waals surface area contributed by atoms with Gasteiger partial charge in [-0.25, -0.2) is 9.13 Å². The van der Waals surface area contributed by atoms with E-state index in [9.17, 15) is 43.5 Å². The fourth-order valence-corrected chi connectivity index (χ4v) is 12.8. The Labute approximate surface area is 651 Å². The van der Waals surface area contributed by atoms with Gasteiger partial charge in [-0.3, -0.25) is 32.5 Å². The Bertz CT molecular complexity index is 2530. The normalized spacial score (nSPS) is 14.6. The van der Waals surface area contributed by atoms with Crippen LogP contribution in [0.3, 0.4) is 0 Å². The Morgan fingerprint density at radius 2 is 0.495 bits per heavy atom. The van der Waals surface area contributed by atoms with Crippen LogP contribution in [-0.4, -0.2) is 95.9 Å². The number of hydrogen-bond donors (Lipinski definition) is 4. The molecule has 0 rings (SSSR count). The van der Waals surface area contributed by atoms with Gasteiger partial charge < -0.3 is 34.2 Å². The number of carbonyl (C=O) groups is 3. The molecule has 0 aliphatic heterocycles. The van der Waals surface area contributed by atoms with Crippen LogP contribution < -0.4 is 0 Å². The van der Waals surface area contributed by atoms with Crippen molar-refractivity contribution in [3.8, 4) is 0 Å². The molecule has 0 aromatic heterocycles. The lowest BCUT2D eigenvalue weighted by Crippen LogP contribution is -2.30. The second kappa shape index (κ2) is 80.9. The van der Waals surface area contributed by atoms with E-state index in [1.165, 1.54) is 103 Å². The summed E-state index contributed by atoms with van der Waals surface area (Å²) in [6, 6.07) is 0. The zero-order chi connectivity index (χ0) is 78.0. The van der Waals surface area contributed by atoms with Gasteiger partial charge in [0.25, 0.3) is 0 Å². The van der Waals surface area contributed by atoms with Crippen molar-refractivity contribution in [1.82, 2.24) is 0 Å². The third-order valence-electron chi connectivity index (χ3n) is 17.5. The van der Waals surface area contributed by atoms with E-state index >= 15 is 0 Å². The highest BCUT2D eigenvalue weighted by molar-refractivity contribution is 7.47. The number of aliphatic hydroxyl groups excluding tert-OH is 2. The predicted octanol–water partition coefficient (Wildman–Crippen LogP) is 25.2. The summed E-state index contributed by atoms with van der Waals surface area (Å²) in [5.41, 5.74) is 0. The topological polar surface area (TPSA) is 231 Å². The Morgan fingerprint density at radius 1 is 0.271 bits per heavy atom. The van der Waals surface area contributed by atoms with Gasteiger partial charge in [0.05, 0.1) is 26.4 Å². The van der Waals surface area contributed by atoms with Crippen molar-refractivity contribution in [3.05, 3.63) is 146 Å². The Balaban J connectivity index is 4.39. The lowest BCUT2D eigenvalue weighted by atomic mass is 10.0. The molecule has 5 unspecified atom stereocenters. The summed E-state index contributed by atoms with van der Waals surface area (Å²) in [4.78, 5) is 58.7. The molecule has 0 spiro atoms. The van der Waals surface area contributed by atoms with E-state index in [0.29, 0.717) is 19.3 Å². The molecule has 0 fully saturated rings. The molecule has 0 saturated heterocycles. The number of esters is 3. The monoisotopic (exact) mass is 1540 g/mol. The largest absolute Gasteiger partial charge is 0.472 e. The zero-order valence-corrected chi connectivity index (χ0v) is 69.1.